The molecule has 1 aromatic heterocycles. The van der Waals surface area contributed by atoms with Gasteiger partial charge >= 0.3 is 13.3 Å². The molecule has 1 aromatic carbocycles. The van der Waals surface area contributed by atoms with Gasteiger partial charge in [0, 0.05) is 21.8 Å². The lowest BCUT2D eigenvalue weighted by atomic mass is 10.1. The van der Waals surface area contributed by atoms with Gasteiger partial charge in [0.15, 0.2) is 0 Å². The molecule has 0 atom stereocenters. The zero-order valence-corrected chi connectivity index (χ0v) is 16.8. The fourth-order valence-electron chi connectivity index (χ4n) is 2.06. The molecule has 6 nitrogen and oxygen atoms in total. The second kappa shape index (κ2) is 7.32. The first kappa shape index (κ1) is 22.1. The molecule has 1 amide bonds. The minimum absolute atomic E-state index is 0.00517. The fourth-order valence-corrected chi connectivity index (χ4v) is 5.03. The monoisotopic (exact) mass is 493 g/mol. The van der Waals surface area contributed by atoms with Crippen LogP contribution in [0.5, 0.6) is 5.75 Å². The number of hydrogen-bond acceptors (Lipinski definition) is 4. The van der Waals surface area contributed by atoms with Crippen molar-refractivity contribution >= 4 is 50.9 Å². The van der Waals surface area contributed by atoms with Crippen LogP contribution in [0.15, 0.2) is 16.6 Å². The number of thiophene rings is 1. The van der Waals surface area contributed by atoms with Crippen LogP contribution in [0.3, 0.4) is 0 Å². The first-order valence-electron chi connectivity index (χ1n) is 7.15. The van der Waals surface area contributed by atoms with Crippen LogP contribution in [0.2, 0.25) is 0 Å². The molecule has 2 aromatic rings. The summed E-state index contributed by atoms with van der Waals surface area (Å²) in [7, 11) is -5.85. The summed E-state index contributed by atoms with van der Waals surface area (Å²) in [5.41, 5.74) is 0.533. The average molecular weight is 494 g/mol. The van der Waals surface area contributed by atoms with Crippen LogP contribution in [-0.4, -0.2) is 28.2 Å². The highest BCUT2D eigenvalue weighted by atomic mass is 79.9. The summed E-state index contributed by atoms with van der Waals surface area (Å²) in [5.74, 6) is -4.14. The van der Waals surface area contributed by atoms with Crippen LogP contribution < -0.4 is 10.5 Å². The molecular formula is C14H13BrF4NO5PS. The van der Waals surface area contributed by atoms with Gasteiger partial charge in [0.25, 0.3) is 0 Å². The van der Waals surface area contributed by atoms with Crippen LogP contribution in [-0.2, 0) is 10.2 Å². The predicted molar refractivity (Wildman–Crippen MR) is 94.7 cm³/mol. The van der Waals surface area contributed by atoms with Crippen molar-refractivity contribution in [1.29, 1.82) is 0 Å². The smallest absolute Gasteiger partial charge is 0.400 e. The second-order valence-corrected chi connectivity index (χ2v) is 9.18. The zero-order chi connectivity index (χ0) is 20.8. The van der Waals surface area contributed by atoms with Gasteiger partial charge < -0.3 is 20.3 Å². The zero-order valence-electron chi connectivity index (χ0n) is 13.5. The van der Waals surface area contributed by atoms with Gasteiger partial charge in [0.05, 0.1) is 11.3 Å². The average Bonchev–Trinajstić information content (AvgIpc) is 2.82. The van der Waals surface area contributed by atoms with Crippen LogP contribution in [0.1, 0.15) is 28.6 Å². The van der Waals surface area contributed by atoms with E-state index in [2.05, 4.69) is 15.9 Å². The highest BCUT2D eigenvalue weighted by molar-refractivity contribution is 9.10. The molecule has 0 radical (unpaired) electrons. The van der Waals surface area contributed by atoms with E-state index in [0.29, 0.717) is 18.3 Å². The van der Waals surface area contributed by atoms with E-state index < -0.39 is 43.0 Å². The Morgan fingerprint density at radius 1 is 1.33 bits per heavy atom. The summed E-state index contributed by atoms with van der Waals surface area (Å²) in [6.45, 7) is 0.187. The van der Waals surface area contributed by atoms with Gasteiger partial charge in [-0.3, -0.25) is 9.36 Å². The number of halogens is 5. The maximum absolute atomic E-state index is 14.1. The molecule has 0 bridgehead atoms. The lowest BCUT2D eigenvalue weighted by molar-refractivity contribution is 0.000996. The number of benzene rings is 1. The van der Waals surface area contributed by atoms with Gasteiger partial charge in [-0.25, -0.2) is 8.78 Å². The van der Waals surface area contributed by atoms with Crippen LogP contribution in [0.4, 0.5) is 17.6 Å². The predicted octanol–water partition coefficient (Wildman–Crippen LogP) is 4.41. The van der Waals surface area contributed by atoms with E-state index in [4.69, 9.17) is 20.3 Å². The van der Waals surface area contributed by atoms with Crippen molar-refractivity contribution in [2.45, 2.75) is 24.9 Å². The SMILES string of the molecule is CC(F)(F)CCOc1cc(C(N)=O)cc2c(Br)c(C(F)(F)P(=O)(O)O)sc12. The van der Waals surface area contributed by atoms with Crippen LogP contribution in [0, 0.1) is 0 Å². The number of rotatable bonds is 7. The van der Waals surface area contributed by atoms with Crippen molar-refractivity contribution in [3.05, 3.63) is 27.0 Å². The lowest BCUT2D eigenvalue weighted by Gasteiger charge is -2.16. The molecule has 0 saturated heterocycles. The minimum atomic E-state index is -5.85. The number of alkyl halides is 4. The fraction of sp³-hybridized carbons (Fsp3) is 0.357. The van der Waals surface area contributed by atoms with Gasteiger partial charge in [-0.15, -0.1) is 11.3 Å². The first-order chi connectivity index (χ1) is 12.1. The Kier molecular flexibility index (Phi) is 5.99. The summed E-state index contributed by atoms with van der Waals surface area (Å²) in [5, 5.41) is -0.0160. The van der Waals surface area contributed by atoms with Gasteiger partial charge in [0.1, 0.15) is 10.6 Å². The second-order valence-electron chi connectivity index (χ2n) is 5.71. The van der Waals surface area contributed by atoms with E-state index in [1.807, 2.05) is 0 Å². The number of fused-ring (bicyclic) bond motifs is 1. The van der Waals surface area contributed by atoms with Crippen molar-refractivity contribution in [3.63, 3.8) is 0 Å². The molecule has 1 heterocycles. The van der Waals surface area contributed by atoms with Gasteiger partial charge in [-0.1, -0.05) is 0 Å². The Balaban J connectivity index is 2.63. The number of ether oxygens (including phenoxy) is 1. The summed E-state index contributed by atoms with van der Waals surface area (Å²) in [6, 6.07) is 2.24. The highest BCUT2D eigenvalue weighted by Crippen LogP contribution is 2.63. The van der Waals surface area contributed by atoms with Crippen LogP contribution >= 0.6 is 34.9 Å². The van der Waals surface area contributed by atoms with Crippen molar-refractivity contribution < 1.29 is 41.4 Å². The Morgan fingerprint density at radius 3 is 2.41 bits per heavy atom. The Bertz CT molecular complexity index is 940. The largest absolute Gasteiger partial charge is 0.492 e. The summed E-state index contributed by atoms with van der Waals surface area (Å²) >= 11 is 3.17. The maximum atomic E-state index is 14.1. The van der Waals surface area contributed by atoms with Crippen molar-refractivity contribution in [3.8, 4) is 5.75 Å². The van der Waals surface area contributed by atoms with Crippen LogP contribution in [0.25, 0.3) is 10.1 Å². The van der Waals surface area contributed by atoms with Crippen molar-refractivity contribution in [1.82, 2.24) is 0 Å². The summed E-state index contributed by atoms with van der Waals surface area (Å²) in [4.78, 5) is 28.4. The van der Waals surface area contributed by atoms with E-state index in [1.54, 1.807) is 0 Å². The van der Waals surface area contributed by atoms with Crippen molar-refractivity contribution in [2.24, 2.45) is 5.73 Å². The third-order valence-corrected chi connectivity index (χ3v) is 6.90. The van der Waals surface area contributed by atoms with E-state index in [1.165, 1.54) is 0 Å². The molecule has 150 valence electrons. The topological polar surface area (TPSA) is 110 Å². The molecule has 27 heavy (non-hydrogen) atoms. The third kappa shape index (κ3) is 4.62. The molecule has 0 aliphatic heterocycles. The number of carbonyl (C=O) groups is 1. The third-order valence-electron chi connectivity index (χ3n) is 3.42. The molecule has 13 heteroatoms. The lowest BCUT2D eigenvalue weighted by Crippen LogP contribution is -2.15. The van der Waals surface area contributed by atoms with Crippen molar-refractivity contribution in [2.75, 3.05) is 6.61 Å². The molecule has 0 fully saturated rings. The Morgan fingerprint density at radius 2 is 1.93 bits per heavy atom. The first-order valence-corrected chi connectivity index (χ1v) is 10.4. The molecule has 4 N–H and O–H groups in total. The van der Waals surface area contributed by atoms with Gasteiger partial charge in [-0.2, -0.15) is 8.78 Å². The summed E-state index contributed by atoms with van der Waals surface area (Å²) in [6.07, 6.45) is -0.673. The molecule has 0 aliphatic carbocycles. The molecular weight excluding hydrogens is 481 g/mol. The van der Waals surface area contributed by atoms with E-state index in [-0.39, 0.29) is 25.9 Å². The number of amides is 1. The molecule has 0 saturated carbocycles. The number of carbonyl (C=O) groups excluding carboxylic acids is 1. The minimum Gasteiger partial charge on any atom is -0.492 e. The standard InChI is InChI=1S/C14H13BrF4NO5PS/c1-13(16,17)2-3-25-8-5-6(12(20)21)4-7-9(15)11(27-10(7)8)14(18,19)26(22,23)24/h4-5H,2-3H2,1H3,(H2,20,21)(H2,22,23,24). The molecule has 0 aliphatic rings. The number of hydrogen-bond donors (Lipinski definition) is 3. The number of primary amides is 1. The Hall–Kier alpha value is -1.20. The molecule has 2 rings (SSSR count). The maximum Gasteiger partial charge on any atom is 0.400 e. The molecule has 0 unspecified atom stereocenters. The number of nitrogens with two attached hydrogens (primary N) is 1. The molecule has 0 spiro atoms. The normalized spacial score (nSPS) is 13.2. The van der Waals surface area contributed by atoms with Gasteiger partial charge in [0.2, 0.25) is 11.8 Å². The van der Waals surface area contributed by atoms with Gasteiger partial charge in [-0.05, 0) is 35.0 Å². The quantitative estimate of drug-likeness (QED) is 0.390. The summed E-state index contributed by atoms with van der Waals surface area (Å²) < 4.78 is 70.2. The van der Waals surface area contributed by atoms with E-state index >= 15 is 0 Å². The van der Waals surface area contributed by atoms with E-state index in [0.717, 1.165) is 12.1 Å². The van der Waals surface area contributed by atoms with E-state index in [9.17, 15) is 26.9 Å². The highest BCUT2D eigenvalue weighted by Gasteiger charge is 2.53. The Labute approximate surface area is 162 Å².